The van der Waals surface area contributed by atoms with Gasteiger partial charge in [0.15, 0.2) is 0 Å². The highest BCUT2D eigenvalue weighted by Crippen LogP contribution is 2.42. The molecule has 1 fully saturated rings. The zero-order valence-electron chi connectivity index (χ0n) is 20.9. The largest absolute Gasteiger partial charge is 0.481 e. The third-order valence-corrected chi connectivity index (χ3v) is 7.25. The second-order valence-electron chi connectivity index (χ2n) is 9.92. The fourth-order valence-electron chi connectivity index (χ4n) is 5.47. The number of ether oxygens (including phenoxy) is 1. The number of aliphatic hydroxyl groups excluding tert-OH is 1. The van der Waals surface area contributed by atoms with Crippen LogP contribution in [-0.2, 0) is 6.42 Å². The number of hydrogen-bond donors (Lipinski definition) is 3. The molecule has 0 aliphatic carbocycles. The summed E-state index contributed by atoms with van der Waals surface area (Å²) < 4.78 is 77.5. The van der Waals surface area contributed by atoms with Crippen molar-refractivity contribution in [2.75, 3.05) is 58.4 Å². The van der Waals surface area contributed by atoms with E-state index in [1.54, 1.807) is 6.07 Å². The van der Waals surface area contributed by atoms with Gasteiger partial charge < -0.3 is 20.1 Å². The van der Waals surface area contributed by atoms with Gasteiger partial charge in [0, 0.05) is 54.6 Å². The molecule has 4 heterocycles. The highest BCUT2D eigenvalue weighted by Gasteiger charge is 2.41. The minimum atomic E-state index is -3.46. The Labute approximate surface area is 216 Å². The summed E-state index contributed by atoms with van der Waals surface area (Å²) in [6, 6.07) is 2.84. The zero-order chi connectivity index (χ0) is 27.0. The highest BCUT2D eigenvalue weighted by atomic mass is 19.3. The van der Waals surface area contributed by atoms with Crippen molar-refractivity contribution in [3.8, 4) is 5.88 Å². The predicted octanol–water partition coefficient (Wildman–Crippen LogP) is 3.88. The molecule has 0 saturated carbocycles. The molecule has 2 aliphatic rings. The van der Waals surface area contributed by atoms with Crippen LogP contribution in [0.3, 0.4) is 0 Å². The van der Waals surface area contributed by atoms with E-state index in [0.717, 1.165) is 10.9 Å². The summed E-state index contributed by atoms with van der Waals surface area (Å²) in [5, 5.41) is 13.0. The Morgan fingerprint density at radius 2 is 1.95 bits per heavy atom. The van der Waals surface area contributed by atoms with E-state index in [9.17, 15) is 18.3 Å². The minimum Gasteiger partial charge on any atom is -0.481 e. The monoisotopic (exact) mass is 539 g/mol. The number of methoxy groups -OCH3 is 1. The molecule has 1 atom stereocenters. The number of anilines is 1. The van der Waals surface area contributed by atoms with Crippen LogP contribution in [0.4, 0.5) is 27.6 Å². The Bertz CT molecular complexity index is 1270. The summed E-state index contributed by atoms with van der Waals surface area (Å²) >= 11 is 0. The van der Waals surface area contributed by atoms with E-state index >= 15 is 8.78 Å². The van der Waals surface area contributed by atoms with Crippen LogP contribution in [0.1, 0.15) is 29.3 Å². The second kappa shape index (κ2) is 10.7. The molecule has 206 valence electrons. The lowest BCUT2D eigenvalue weighted by Crippen LogP contribution is -2.54. The number of aromatic amines is 1. The number of fused-ring (bicyclic) bond motifs is 3. The Balaban J connectivity index is 1.49. The molecule has 3 N–H and O–H groups in total. The first-order valence-electron chi connectivity index (χ1n) is 12.5. The fourth-order valence-corrected chi connectivity index (χ4v) is 5.47. The number of H-pyrrole nitrogens is 1. The van der Waals surface area contributed by atoms with Gasteiger partial charge in [0.1, 0.15) is 18.2 Å². The lowest BCUT2D eigenvalue weighted by atomic mass is 9.91. The van der Waals surface area contributed by atoms with Gasteiger partial charge >= 0.3 is 0 Å². The molecule has 0 radical (unpaired) electrons. The normalized spacial score (nSPS) is 19.0. The fraction of sp³-hybridized carbons (Fsp3) is 0.500. The van der Waals surface area contributed by atoms with Gasteiger partial charge in [-0.25, -0.2) is 22.5 Å². The summed E-state index contributed by atoms with van der Waals surface area (Å²) in [6.45, 7) is -0.659. The van der Waals surface area contributed by atoms with Gasteiger partial charge in [-0.2, -0.15) is 0 Å². The molecule has 2 aliphatic heterocycles. The van der Waals surface area contributed by atoms with Crippen LogP contribution in [0.25, 0.3) is 10.9 Å². The number of nitrogens with zero attached hydrogens (tertiary/aromatic N) is 3. The quantitative estimate of drug-likeness (QED) is 0.340. The Morgan fingerprint density at radius 1 is 1.21 bits per heavy atom. The molecule has 0 amide bonds. The van der Waals surface area contributed by atoms with E-state index in [1.807, 2.05) is 4.90 Å². The third-order valence-electron chi connectivity index (χ3n) is 7.25. The minimum absolute atomic E-state index is 0.0310. The lowest BCUT2D eigenvalue weighted by molar-refractivity contribution is -0.0791. The predicted molar refractivity (Wildman–Crippen MR) is 133 cm³/mol. The van der Waals surface area contributed by atoms with E-state index < -0.39 is 43.4 Å². The number of alkyl halides is 3. The van der Waals surface area contributed by atoms with Crippen molar-refractivity contribution in [2.24, 2.45) is 0 Å². The molecule has 1 aromatic carbocycles. The van der Waals surface area contributed by atoms with Gasteiger partial charge in [-0.1, -0.05) is 0 Å². The number of hydrogen-bond acceptors (Lipinski definition) is 6. The SMILES string of the molecule is COc1cc2c3c([nH]c2cn1)[C@H](c1c(F)cc(NC2CN(CCCF)C2)cc1F)N(CC(F)(F)CO)CC3. The van der Waals surface area contributed by atoms with E-state index in [-0.39, 0.29) is 23.8 Å². The summed E-state index contributed by atoms with van der Waals surface area (Å²) in [4.78, 5) is 10.6. The van der Waals surface area contributed by atoms with Crippen LogP contribution in [0, 0.1) is 11.6 Å². The molecule has 0 bridgehead atoms. The van der Waals surface area contributed by atoms with Gasteiger partial charge in [0.2, 0.25) is 5.88 Å². The molecule has 1 saturated heterocycles. The molecule has 38 heavy (non-hydrogen) atoms. The van der Waals surface area contributed by atoms with E-state index in [1.165, 1.54) is 30.3 Å². The van der Waals surface area contributed by atoms with Crippen molar-refractivity contribution in [1.82, 2.24) is 19.8 Å². The van der Waals surface area contributed by atoms with E-state index in [2.05, 4.69) is 15.3 Å². The van der Waals surface area contributed by atoms with Gasteiger partial charge in [-0.15, -0.1) is 0 Å². The lowest BCUT2D eigenvalue weighted by Gasteiger charge is -2.40. The van der Waals surface area contributed by atoms with Crippen LogP contribution in [0.2, 0.25) is 0 Å². The first-order chi connectivity index (χ1) is 18.2. The average molecular weight is 540 g/mol. The van der Waals surface area contributed by atoms with Crippen LogP contribution >= 0.6 is 0 Å². The number of aromatic nitrogens is 2. The average Bonchev–Trinajstić information content (AvgIpc) is 3.23. The van der Waals surface area contributed by atoms with Crippen molar-refractivity contribution in [3.63, 3.8) is 0 Å². The molecule has 7 nitrogen and oxygen atoms in total. The van der Waals surface area contributed by atoms with Gasteiger partial charge in [-0.05, 0) is 30.5 Å². The molecule has 0 unspecified atom stereocenters. The Kier molecular flexibility index (Phi) is 7.47. The van der Waals surface area contributed by atoms with Gasteiger partial charge in [-0.3, -0.25) is 14.2 Å². The summed E-state index contributed by atoms with van der Waals surface area (Å²) in [5.74, 6) is -4.84. The standard InChI is InChI=1S/C26H30F5N5O2/c1-38-22-9-18-17-3-6-36(13-26(30,31)14-37)25(24(17)34-21(18)10-32-22)23-19(28)7-15(8-20(23)29)33-16-11-35(12-16)5-2-4-27/h7-10,16,25,33-34,37H,2-6,11-14H2,1H3/t25-/m0/s1. The first kappa shape index (κ1) is 26.6. The van der Waals surface area contributed by atoms with Crippen LogP contribution in [0.15, 0.2) is 24.4 Å². The Hall–Kier alpha value is -2.96. The van der Waals surface area contributed by atoms with Crippen molar-refractivity contribution in [1.29, 1.82) is 0 Å². The van der Waals surface area contributed by atoms with Crippen molar-refractivity contribution >= 4 is 16.6 Å². The maximum Gasteiger partial charge on any atom is 0.283 e. The highest BCUT2D eigenvalue weighted by molar-refractivity contribution is 5.85. The number of rotatable bonds is 10. The summed E-state index contributed by atoms with van der Waals surface area (Å²) in [6.07, 6.45) is 2.33. The van der Waals surface area contributed by atoms with Crippen molar-refractivity contribution in [2.45, 2.75) is 30.8 Å². The van der Waals surface area contributed by atoms with Crippen molar-refractivity contribution in [3.05, 3.63) is 52.9 Å². The number of aliphatic hydroxyl groups is 1. The molecule has 3 aromatic rings. The molecular weight excluding hydrogens is 509 g/mol. The third kappa shape index (κ3) is 5.16. The number of nitrogens with one attached hydrogen (secondary N) is 2. The van der Waals surface area contributed by atoms with E-state index in [4.69, 9.17) is 4.74 Å². The first-order valence-corrected chi connectivity index (χ1v) is 12.5. The number of benzene rings is 1. The molecular formula is C26H30F5N5O2. The number of halogens is 5. The van der Waals surface area contributed by atoms with Crippen LogP contribution in [-0.4, -0.2) is 90.0 Å². The molecule has 0 spiro atoms. The van der Waals surface area contributed by atoms with Crippen LogP contribution < -0.4 is 10.1 Å². The van der Waals surface area contributed by atoms with Crippen LogP contribution in [0.5, 0.6) is 5.88 Å². The maximum absolute atomic E-state index is 15.6. The Morgan fingerprint density at radius 3 is 2.61 bits per heavy atom. The molecule has 2 aromatic heterocycles. The van der Waals surface area contributed by atoms with Gasteiger partial charge in [0.25, 0.3) is 5.92 Å². The number of pyridine rings is 1. The van der Waals surface area contributed by atoms with Crippen molar-refractivity contribution < 1.29 is 31.8 Å². The maximum atomic E-state index is 15.6. The topological polar surface area (TPSA) is 76.7 Å². The summed E-state index contributed by atoms with van der Waals surface area (Å²) in [5.41, 5.74) is 1.63. The van der Waals surface area contributed by atoms with E-state index in [0.29, 0.717) is 49.6 Å². The number of likely N-dealkylation sites (tertiary alicyclic amines) is 1. The molecule has 5 rings (SSSR count). The second-order valence-corrected chi connectivity index (χ2v) is 9.92. The molecule has 12 heteroatoms. The summed E-state index contributed by atoms with van der Waals surface area (Å²) in [7, 11) is 1.47. The smallest absolute Gasteiger partial charge is 0.283 e. The van der Waals surface area contributed by atoms with Gasteiger partial charge in [0.05, 0.1) is 44.1 Å². The zero-order valence-corrected chi connectivity index (χ0v) is 20.9.